The highest BCUT2D eigenvalue weighted by Gasteiger charge is 2.31. The summed E-state index contributed by atoms with van der Waals surface area (Å²) < 4.78 is 0. The lowest BCUT2D eigenvalue weighted by molar-refractivity contribution is 0.0724. The van der Waals surface area contributed by atoms with E-state index in [2.05, 4.69) is 21.7 Å². The Morgan fingerprint density at radius 2 is 2.29 bits per heavy atom. The summed E-state index contributed by atoms with van der Waals surface area (Å²) in [4.78, 5) is 4.22. The van der Waals surface area contributed by atoms with Crippen LogP contribution in [0.15, 0.2) is 16.6 Å². The summed E-state index contributed by atoms with van der Waals surface area (Å²) in [6.07, 6.45) is 9.53. The molecular formula is C15H28IN3OS. The van der Waals surface area contributed by atoms with E-state index in [-0.39, 0.29) is 24.0 Å². The third-order valence-corrected chi connectivity index (χ3v) is 5.25. The molecule has 1 saturated heterocycles. The first-order valence-electron chi connectivity index (χ1n) is 7.64. The van der Waals surface area contributed by atoms with E-state index in [4.69, 9.17) is 0 Å². The Hall–Kier alpha value is 0.0500. The normalized spacial score (nSPS) is 26.0. The third-order valence-electron chi connectivity index (χ3n) is 4.01. The van der Waals surface area contributed by atoms with Gasteiger partial charge in [-0.25, -0.2) is 0 Å². The molecule has 3 N–H and O–H groups in total. The molecule has 0 bridgehead atoms. The number of halogens is 1. The van der Waals surface area contributed by atoms with Crippen LogP contribution in [0.1, 0.15) is 38.5 Å². The molecule has 21 heavy (non-hydrogen) atoms. The van der Waals surface area contributed by atoms with Gasteiger partial charge in [-0.1, -0.05) is 11.6 Å². The number of nitrogens with one attached hydrogen (secondary N) is 2. The molecule has 1 aliphatic carbocycles. The second kappa shape index (κ2) is 9.94. The molecular weight excluding hydrogens is 397 g/mol. The van der Waals surface area contributed by atoms with Crippen molar-refractivity contribution in [3.63, 3.8) is 0 Å². The van der Waals surface area contributed by atoms with Gasteiger partial charge in [0.2, 0.25) is 0 Å². The van der Waals surface area contributed by atoms with Gasteiger partial charge in [0.15, 0.2) is 5.96 Å². The molecule has 0 aromatic carbocycles. The van der Waals surface area contributed by atoms with Crippen LogP contribution in [-0.2, 0) is 0 Å². The standard InChI is InChI=1S/C15H27N3OS.HI/c1-16-14(18-11-15(19)8-10-20-12-15)17-9-7-13-5-3-2-4-6-13;/h5,19H,2-4,6-12H2,1H3,(H2,16,17,18);1H. The average molecular weight is 425 g/mol. The summed E-state index contributed by atoms with van der Waals surface area (Å²) in [6, 6.07) is 0. The van der Waals surface area contributed by atoms with E-state index < -0.39 is 5.60 Å². The zero-order valence-corrected chi connectivity index (χ0v) is 16.0. The van der Waals surface area contributed by atoms with Crippen molar-refractivity contribution in [3.8, 4) is 0 Å². The number of nitrogens with zero attached hydrogens (tertiary/aromatic N) is 1. The molecule has 4 nitrogen and oxygen atoms in total. The first kappa shape index (κ1) is 19.1. The minimum atomic E-state index is -0.561. The van der Waals surface area contributed by atoms with Crippen LogP contribution in [-0.4, -0.2) is 48.3 Å². The minimum Gasteiger partial charge on any atom is -0.387 e. The average Bonchev–Trinajstić information content (AvgIpc) is 2.91. The van der Waals surface area contributed by atoms with E-state index in [0.717, 1.165) is 36.9 Å². The van der Waals surface area contributed by atoms with Crippen LogP contribution < -0.4 is 10.6 Å². The van der Waals surface area contributed by atoms with Crippen molar-refractivity contribution in [2.75, 3.05) is 31.6 Å². The Balaban J connectivity index is 0.00000220. The Morgan fingerprint density at radius 3 is 2.90 bits per heavy atom. The molecule has 1 fully saturated rings. The number of thioether (sulfide) groups is 1. The molecule has 0 aromatic heterocycles. The predicted molar refractivity (Wildman–Crippen MR) is 103 cm³/mol. The van der Waals surface area contributed by atoms with Crippen LogP contribution in [0.4, 0.5) is 0 Å². The van der Waals surface area contributed by atoms with Crippen molar-refractivity contribution in [1.29, 1.82) is 0 Å². The van der Waals surface area contributed by atoms with Crippen molar-refractivity contribution in [3.05, 3.63) is 11.6 Å². The van der Waals surface area contributed by atoms with Crippen molar-refractivity contribution >= 4 is 41.7 Å². The van der Waals surface area contributed by atoms with Crippen molar-refractivity contribution < 1.29 is 5.11 Å². The Labute approximate surface area is 149 Å². The Kier molecular flexibility index (Phi) is 9.04. The number of hydrogen-bond acceptors (Lipinski definition) is 3. The lowest BCUT2D eigenvalue weighted by Crippen LogP contribution is -2.47. The number of allylic oxidation sites excluding steroid dienone is 1. The van der Waals surface area contributed by atoms with Crippen LogP contribution in [0.2, 0.25) is 0 Å². The van der Waals surface area contributed by atoms with Crippen LogP contribution in [0.5, 0.6) is 0 Å². The predicted octanol–water partition coefficient (Wildman–Crippen LogP) is 2.53. The SMILES string of the molecule is CN=C(NCCC1=CCCCC1)NCC1(O)CCSC1.I. The van der Waals surface area contributed by atoms with Gasteiger partial charge in [-0.05, 0) is 44.3 Å². The van der Waals surface area contributed by atoms with Gasteiger partial charge in [0.25, 0.3) is 0 Å². The number of hydrogen-bond donors (Lipinski definition) is 3. The first-order chi connectivity index (χ1) is 9.72. The lowest BCUT2D eigenvalue weighted by Gasteiger charge is -2.23. The van der Waals surface area contributed by atoms with Gasteiger partial charge in [-0.3, -0.25) is 4.99 Å². The van der Waals surface area contributed by atoms with Gasteiger partial charge in [-0.15, -0.1) is 24.0 Å². The Morgan fingerprint density at radius 1 is 1.43 bits per heavy atom. The van der Waals surface area contributed by atoms with Gasteiger partial charge < -0.3 is 15.7 Å². The van der Waals surface area contributed by atoms with Crippen molar-refractivity contribution in [1.82, 2.24) is 10.6 Å². The summed E-state index contributed by atoms with van der Waals surface area (Å²) >= 11 is 1.82. The highest BCUT2D eigenvalue weighted by molar-refractivity contribution is 14.0. The maximum absolute atomic E-state index is 10.3. The maximum Gasteiger partial charge on any atom is 0.191 e. The van der Waals surface area contributed by atoms with Gasteiger partial charge >= 0.3 is 0 Å². The molecule has 122 valence electrons. The van der Waals surface area contributed by atoms with E-state index >= 15 is 0 Å². The monoisotopic (exact) mass is 425 g/mol. The molecule has 0 aromatic rings. The fourth-order valence-corrected chi connectivity index (χ4v) is 3.97. The van der Waals surface area contributed by atoms with E-state index in [1.807, 2.05) is 11.8 Å². The zero-order valence-electron chi connectivity index (χ0n) is 12.9. The molecule has 0 spiro atoms. The molecule has 1 unspecified atom stereocenters. The van der Waals surface area contributed by atoms with Crippen LogP contribution in [0.3, 0.4) is 0 Å². The van der Waals surface area contributed by atoms with Crippen molar-refractivity contribution in [2.45, 2.75) is 44.1 Å². The van der Waals surface area contributed by atoms with Crippen LogP contribution in [0.25, 0.3) is 0 Å². The summed E-state index contributed by atoms with van der Waals surface area (Å²) in [5, 5.41) is 16.9. The van der Waals surface area contributed by atoms with E-state index in [1.54, 1.807) is 12.6 Å². The fourth-order valence-electron chi connectivity index (χ4n) is 2.68. The van der Waals surface area contributed by atoms with Gasteiger partial charge in [0.05, 0.1) is 5.60 Å². The van der Waals surface area contributed by atoms with Gasteiger partial charge in [-0.2, -0.15) is 11.8 Å². The van der Waals surface area contributed by atoms with Crippen LogP contribution >= 0.6 is 35.7 Å². The molecule has 0 amide bonds. The quantitative estimate of drug-likeness (QED) is 0.274. The highest BCUT2D eigenvalue weighted by atomic mass is 127. The number of guanidine groups is 1. The molecule has 6 heteroatoms. The summed E-state index contributed by atoms with van der Waals surface area (Å²) in [5.74, 6) is 2.68. The van der Waals surface area contributed by atoms with Crippen molar-refractivity contribution in [2.24, 2.45) is 4.99 Å². The minimum absolute atomic E-state index is 0. The molecule has 2 aliphatic rings. The fraction of sp³-hybridized carbons (Fsp3) is 0.800. The van der Waals surface area contributed by atoms with Gasteiger partial charge in [0.1, 0.15) is 0 Å². The second-order valence-corrected chi connectivity index (χ2v) is 6.84. The summed E-state index contributed by atoms with van der Waals surface area (Å²) in [7, 11) is 1.78. The molecule has 1 atom stereocenters. The zero-order chi connectivity index (χ0) is 14.3. The summed E-state index contributed by atoms with van der Waals surface area (Å²) in [6.45, 7) is 1.50. The topological polar surface area (TPSA) is 56.7 Å². The van der Waals surface area contributed by atoms with E-state index in [1.165, 1.54) is 25.7 Å². The summed E-state index contributed by atoms with van der Waals surface area (Å²) in [5.41, 5.74) is 1.01. The molecule has 0 saturated carbocycles. The lowest BCUT2D eigenvalue weighted by atomic mass is 9.97. The molecule has 1 aliphatic heterocycles. The number of aliphatic hydroxyl groups is 1. The van der Waals surface area contributed by atoms with Gasteiger partial charge in [0, 0.05) is 25.9 Å². The Bertz CT molecular complexity index is 368. The number of aliphatic imine (C=N–C) groups is 1. The van der Waals surface area contributed by atoms with E-state index in [0.29, 0.717) is 6.54 Å². The van der Waals surface area contributed by atoms with E-state index in [9.17, 15) is 5.11 Å². The number of rotatable bonds is 5. The maximum atomic E-state index is 10.3. The molecule has 1 heterocycles. The molecule has 2 rings (SSSR count). The smallest absolute Gasteiger partial charge is 0.191 e. The first-order valence-corrected chi connectivity index (χ1v) is 8.80. The molecule has 0 radical (unpaired) electrons. The second-order valence-electron chi connectivity index (χ2n) is 5.74. The largest absolute Gasteiger partial charge is 0.387 e. The highest BCUT2D eigenvalue weighted by Crippen LogP contribution is 2.26. The third kappa shape index (κ3) is 6.78. The van der Waals surface area contributed by atoms with Crippen LogP contribution in [0, 0.1) is 0 Å².